The molecule has 0 heterocycles. The van der Waals surface area contributed by atoms with Gasteiger partial charge in [0.05, 0.1) is 0 Å². The fourth-order valence-corrected chi connectivity index (χ4v) is 5.38. The van der Waals surface area contributed by atoms with Crippen LogP contribution in [0.4, 0.5) is 0 Å². The molecule has 0 saturated heterocycles. The van der Waals surface area contributed by atoms with Crippen LogP contribution < -0.4 is 11.5 Å². The third-order valence-electron chi connectivity index (χ3n) is 7.09. The zero-order chi connectivity index (χ0) is 17.3. The van der Waals surface area contributed by atoms with Gasteiger partial charge in [0.2, 0.25) is 0 Å². The predicted octanol–water partition coefficient (Wildman–Crippen LogP) is 6.07. The summed E-state index contributed by atoms with van der Waals surface area (Å²) in [4.78, 5) is 0. The van der Waals surface area contributed by atoms with Gasteiger partial charge < -0.3 is 11.5 Å². The zero-order valence-electron chi connectivity index (χ0n) is 16.5. The Bertz CT molecular complexity index is 321. The molecule has 2 fully saturated rings. The number of rotatable bonds is 4. The van der Waals surface area contributed by atoms with Crippen molar-refractivity contribution >= 4 is 0 Å². The number of hydrogen-bond donors (Lipinski definition) is 2. The van der Waals surface area contributed by atoms with Crippen LogP contribution in [0.3, 0.4) is 0 Å². The summed E-state index contributed by atoms with van der Waals surface area (Å²) in [6.07, 6.45) is 23.7. The Kier molecular flexibility index (Phi) is 8.57. The second-order valence-corrected chi connectivity index (χ2v) is 9.15. The van der Waals surface area contributed by atoms with E-state index in [9.17, 15) is 0 Å². The van der Waals surface area contributed by atoms with E-state index >= 15 is 0 Å². The van der Waals surface area contributed by atoms with Gasteiger partial charge in [-0.05, 0) is 38.0 Å². The van der Waals surface area contributed by atoms with Crippen molar-refractivity contribution in [3.05, 3.63) is 0 Å². The molecule has 0 aromatic carbocycles. The highest BCUT2D eigenvalue weighted by Crippen LogP contribution is 2.39. The van der Waals surface area contributed by atoms with Crippen LogP contribution in [0.15, 0.2) is 0 Å². The molecule has 0 aromatic heterocycles. The average Bonchev–Trinajstić information content (AvgIpc) is 2.55. The van der Waals surface area contributed by atoms with E-state index in [0.29, 0.717) is 5.92 Å². The first-order valence-electron chi connectivity index (χ1n) is 11.2. The monoisotopic (exact) mass is 336 g/mol. The van der Waals surface area contributed by atoms with Crippen LogP contribution in [-0.2, 0) is 0 Å². The third kappa shape index (κ3) is 6.33. The van der Waals surface area contributed by atoms with Gasteiger partial charge in [0.1, 0.15) is 0 Å². The maximum Gasteiger partial charge on any atom is 0.0183 e. The van der Waals surface area contributed by atoms with Crippen molar-refractivity contribution in [2.75, 3.05) is 0 Å². The summed E-state index contributed by atoms with van der Waals surface area (Å²) >= 11 is 0. The van der Waals surface area contributed by atoms with E-state index in [1.165, 1.54) is 116 Å². The second kappa shape index (κ2) is 10.2. The largest absolute Gasteiger partial charge is 0.325 e. The molecule has 1 unspecified atom stereocenters. The first-order chi connectivity index (χ1) is 11.6. The van der Waals surface area contributed by atoms with E-state index in [4.69, 9.17) is 11.5 Å². The van der Waals surface area contributed by atoms with Gasteiger partial charge in [-0.3, -0.25) is 0 Å². The standard InChI is InChI=1S/C22H44N2/c1-2-20(19-21(23)15-11-7-6-8-12-16-21)22(24)17-13-9-4-3-5-10-14-18-22/h20H,2-19,23-24H2,1H3. The normalized spacial score (nSPS) is 27.6. The highest BCUT2D eigenvalue weighted by atomic mass is 14.8. The van der Waals surface area contributed by atoms with Gasteiger partial charge in [-0.25, -0.2) is 0 Å². The molecule has 142 valence electrons. The zero-order valence-corrected chi connectivity index (χ0v) is 16.5. The molecule has 2 aliphatic rings. The second-order valence-electron chi connectivity index (χ2n) is 9.15. The molecule has 0 spiro atoms. The molecule has 2 aliphatic carbocycles. The van der Waals surface area contributed by atoms with E-state index in [1.807, 2.05) is 0 Å². The van der Waals surface area contributed by atoms with Crippen molar-refractivity contribution in [2.45, 2.75) is 134 Å². The van der Waals surface area contributed by atoms with E-state index in [1.54, 1.807) is 0 Å². The molecule has 1 atom stereocenters. The quantitative estimate of drug-likeness (QED) is 0.655. The summed E-state index contributed by atoms with van der Waals surface area (Å²) in [6, 6.07) is 0. The summed E-state index contributed by atoms with van der Waals surface area (Å²) in [5.74, 6) is 0.612. The Morgan fingerprint density at radius 3 is 1.42 bits per heavy atom. The van der Waals surface area contributed by atoms with Crippen LogP contribution in [0, 0.1) is 5.92 Å². The van der Waals surface area contributed by atoms with Crippen LogP contribution in [0.2, 0.25) is 0 Å². The molecule has 0 aliphatic heterocycles. The topological polar surface area (TPSA) is 52.0 Å². The fraction of sp³-hybridized carbons (Fsp3) is 1.00. The molecular formula is C22H44N2. The Morgan fingerprint density at radius 2 is 1.00 bits per heavy atom. The van der Waals surface area contributed by atoms with Crippen molar-refractivity contribution in [3.8, 4) is 0 Å². The van der Waals surface area contributed by atoms with E-state index < -0.39 is 0 Å². The third-order valence-corrected chi connectivity index (χ3v) is 7.09. The van der Waals surface area contributed by atoms with Crippen LogP contribution in [0.5, 0.6) is 0 Å². The average molecular weight is 337 g/mol. The van der Waals surface area contributed by atoms with Gasteiger partial charge in [-0.1, -0.05) is 90.4 Å². The lowest BCUT2D eigenvalue weighted by Gasteiger charge is -2.43. The van der Waals surface area contributed by atoms with Crippen LogP contribution in [0.25, 0.3) is 0 Å². The summed E-state index contributed by atoms with van der Waals surface area (Å²) in [7, 11) is 0. The maximum atomic E-state index is 7.09. The van der Waals surface area contributed by atoms with Crippen molar-refractivity contribution in [1.82, 2.24) is 0 Å². The first-order valence-corrected chi connectivity index (χ1v) is 11.2. The SMILES string of the molecule is CCC(CC1(N)CCCCCCC1)C1(N)CCCCCCCCC1. The Balaban J connectivity index is 2.02. The van der Waals surface area contributed by atoms with E-state index in [0.717, 1.165) is 0 Å². The molecule has 24 heavy (non-hydrogen) atoms. The fourth-order valence-electron chi connectivity index (χ4n) is 5.38. The number of nitrogens with two attached hydrogens (primary N) is 2. The van der Waals surface area contributed by atoms with E-state index in [2.05, 4.69) is 6.92 Å². The van der Waals surface area contributed by atoms with Crippen LogP contribution in [0.1, 0.15) is 122 Å². The molecule has 0 radical (unpaired) electrons. The van der Waals surface area contributed by atoms with Crippen molar-refractivity contribution in [3.63, 3.8) is 0 Å². The number of hydrogen-bond acceptors (Lipinski definition) is 2. The van der Waals surface area contributed by atoms with Gasteiger partial charge in [0.25, 0.3) is 0 Å². The van der Waals surface area contributed by atoms with Gasteiger partial charge in [-0.15, -0.1) is 0 Å². The first kappa shape index (κ1) is 20.2. The van der Waals surface area contributed by atoms with Crippen molar-refractivity contribution < 1.29 is 0 Å². The lowest BCUT2D eigenvalue weighted by molar-refractivity contribution is 0.151. The van der Waals surface area contributed by atoms with Gasteiger partial charge in [-0.2, -0.15) is 0 Å². The molecular weight excluding hydrogens is 292 g/mol. The summed E-state index contributed by atoms with van der Waals surface area (Å²) in [5, 5.41) is 0. The Labute approximate surface area is 151 Å². The summed E-state index contributed by atoms with van der Waals surface area (Å²) in [5.41, 5.74) is 14.1. The van der Waals surface area contributed by atoms with Crippen LogP contribution >= 0.6 is 0 Å². The van der Waals surface area contributed by atoms with Gasteiger partial charge in [0.15, 0.2) is 0 Å². The van der Waals surface area contributed by atoms with Crippen molar-refractivity contribution in [2.24, 2.45) is 17.4 Å². The minimum absolute atomic E-state index is 0.0425. The molecule has 0 amide bonds. The minimum atomic E-state index is 0.0425. The summed E-state index contributed by atoms with van der Waals surface area (Å²) in [6.45, 7) is 2.35. The molecule has 0 aromatic rings. The highest BCUT2D eigenvalue weighted by Gasteiger charge is 2.38. The summed E-state index contributed by atoms with van der Waals surface area (Å²) < 4.78 is 0. The van der Waals surface area contributed by atoms with Gasteiger partial charge in [0, 0.05) is 11.1 Å². The minimum Gasteiger partial charge on any atom is -0.325 e. The molecule has 0 bridgehead atoms. The van der Waals surface area contributed by atoms with Crippen molar-refractivity contribution in [1.29, 1.82) is 0 Å². The lowest BCUT2D eigenvalue weighted by atomic mass is 9.68. The Morgan fingerprint density at radius 1 is 0.625 bits per heavy atom. The molecule has 2 rings (SSSR count). The molecule has 2 heteroatoms. The molecule has 2 nitrogen and oxygen atoms in total. The smallest absolute Gasteiger partial charge is 0.0183 e. The van der Waals surface area contributed by atoms with Crippen LogP contribution in [-0.4, -0.2) is 11.1 Å². The molecule has 2 saturated carbocycles. The molecule has 4 N–H and O–H groups in total. The van der Waals surface area contributed by atoms with E-state index in [-0.39, 0.29) is 11.1 Å². The van der Waals surface area contributed by atoms with Gasteiger partial charge >= 0.3 is 0 Å². The Hall–Kier alpha value is -0.0800. The lowest BCUT2D eigenvalue weighted by Crippen LogP contribution is -2.52. The predicted molar refractivity (Wildman–Crippen MR) is 106 cm³/mol. The maximum absolute atomic E-state index is 7.09. The highest BCUT2D eigenvalue weighted by molar-refractivity contribution is 4.97.